The molecule has 2 amide bonds. The minimum atomic E-state index is -0.633. The van der Waals surface area contributed by atoms with Crippen molar-refractivity contribution < 1.29 is 9.59 Å². The molecule has 7 nitrogen and oxygen atoms in total. The number of para-hydroxylation sites is 1. The first-order valence-electron chi connectivity index (χ1n) is 7.35. The van der Waals surface area contributed by atoms with Gasteiger partial charge in [-0.25, -0.2) is 9.67 Å². The number of hydrogen-bond donors (Lipinski definition) is 2. The molecule has 0 radical (unpaired) electrons. The molecule has 3 N–H and O–H groups in total. The molecule has 25 heavy (non-hydrogen) atoms. The molecule has 1 heterocycles. The molecule has 0 unspecified atom stereocenters. The molecule has 3 aromatic rings. The van der Waals surface area contributed by atoms with Crippen molar-refractivity contribution in [2.45, 2.75) is 6.92 Å². The molecule has 1 aromatic heterocycles. The van der Waals surface area contributed by atoms with Gasteiger partial charge in [0.2, 0.25) is 5.82 Å². The van der Waals surface area contributed by atoms with Crippen molar-refractivity contribution in [3.05, 3.63) is 70.8 Å². The zero-order chi connectivity index (χ0) is 18.0. The van der Waals surface area contributed by atoms with Gasteiger partial charge in [-0.1, -0.05) is 23.7 Å². The zero-order valence-corrected chi connectivity index (χ0v) is 14.0. The van der Waals surface area contributed by atoms with E-state index in [9.17, 15) is 9.59 Å². The third-order valence-electron chi connectivity index (χ3n) is 3.48. The fourth-order valence-corrected chi connectivity index (χ4v) is 2.42. The van der Waals surface area contributed by atoms with Crippen LogP contribution in [-0.4, -0.2) is 26.6 Å². The zero-order valence-electron chi connectivity index (χ0n) is 13.2. The van der Waals surface area contributed by atoms with Gasteiger partial charge in [0, 0.05) is 5.02 Å². The largest absolute Gasteiger partial charge is 0.366 e. The average Bonchev–Trinajstić information content (AvgIpc) is 2.98. The van der Waals surface area contributed by atoms with E-state index in [4.69, 9.17) is 17.3 Å². The number of carbonyl (C=O) groups excluding carboxylic acids is 2. The lowest BCUT2D eigenvalue weighted by Gasteiger charge is -2.06. The number of carbonyl (C=O) groups is 2. The van der Waals surface area contributed by atoms with Crippen LogP contribution >= 0.6 is 11.6 Å². The van der Waals surface area contributed by atoms with Crippen molar-refractivity contribution in [1.29, 1.82) is 0 Å². The molecule has 0 aliphatic rings. The van der Waals surface area contributed by atoms with Gasteiger partial charge in [-0.2, -0.15) is 0 Å². The normalized spacial score (nSPS) is 10.5. The second-order valence-corrected chi connectivity index (χ2v) is 5.67. The lowest BCUT2D eigenvalue weighted by molar-refractivity contribution is 0.100. The molecule has 0 bridgehead atoms. The van der Waals surface area contributed by atoms with E-state index in [0.29, 0.717) is 16.5 Å². The highest BCUT2D eigenvalue weighted by Crippen LogP contribution is 2.17. The highest BCUT2D eigenvalue weighted by Gasteiger charge is 2.17. The van der Waals surface area contributed by atoms with Crippen molar-refractivity contribution in [1.82, 2.24) is 14.8 Å². The Morgan fingerprint density at radius 3 is 2.48 bits per heavy atom. The van der Waals surface area contributed by atoms with Crippen molar-refractivity contribution in [2.75, 3.05) is 5.32 Å². The van der Waals surface area contributed by atoms with Gasteiger partial charge in [0.05, 0.1) is 16.9 Å². The number of halogens is 1. The fourth-order valence-electron chi connectivity index (χ4n) is 2.30. The summed E-state index contributed by atoms with van der Waals surface area (Å²) in [5.74, 6) is -0.654. The summed E-state index contributed by atoms with van der Waals surface area (Å²) < 4.78 is 1.53. The number of nitrogens with one attached hydrogen (secondary N) is 1. The molecular formula is C17H14ClN5O2. The van der Waals surface area contributed by atoms with Gasteiger partial charge in [0.1, 0.15) is 5.82 Å². The molecule has 2 aromatic carbocycles. The maximum absolute atomic E-state index is 12.4. The summed E-state index contributed by atoms with van der Waals surface area (Å²) in [7, 11) is 0. The number of nitrogens with two attached hydrogens (primary N) is 1. The van der Waals surface area contributed by atoms with E-state index in [1.54, 1.807) is 49.4 Å². The third-order valence-corrected chi connectivity index (χ3v) is 3.74. The van der Waals surface area contributed by atoms with Crippen LogP contribution in [0.4, 0.5) is 5.69 Å². The molecule has 0 saturated carbocycles. The Hall–Kier alpha value is -3.19. The van der Waals surface area contributed by atoms with Crippen molar-refractivity contribution >= 4 is 29.1 Å². The van der Waals surface area contributed by atoms with Crippen LogP contribution in [-0.2, 0) is 0 Å². The van der Waals surface area contributed by atoms with Gasteiger partial charge in [-0.3, -0.25) is 9.59 Å². The van der Waals surface area contributed by atoms with E-state index in [1.807, 2.05) is 0 Å². The number of nitrogens with zero attached hydrogens (tertiary/aromatic N) is 3. The predicted octanol–water partition coefficient (Wildman–Crippen LogP) is 2.58. The van der Waals surface area contributed by atoms with Crippen LogP contribution in [0.25, 0.3) is 5.69 Å². The number of benzene rings is 2. The summed E-state index contributed by atoms with van der Waals surface area (Å²) in [5, 5.41) is 7.42. The van der Waals surface area contributed by atoms with E-state index in [-0.39, 0.29) is 11.4 Å². The number of primary amides is 1. The summed E-state index contributed by atoms with van der Waals surface area (Å²) in [6.07, 6.45) is 0. The molecule has 0 spiro atoms. The lowest BCUT2D eigenvalue weighted by atomic mass is 10.1. The van der Waals surface area contributed by atoms with Crippen molar-refractivity contribution in [3.63, 3.8) is 0 Å². The quantitative estimate of drug-likeness (QED) is 0.750. The topological polar surface area (TPSA) is 103 Å². The number of aromatic nitrogens is 3. The van der Waals surface area contributed by atoms with Gasteiger partial charge in [0.25, 0.3) is 11.8 Å². The summed E-state index contributed by atoms with van der Waals surface area (Å²) in [6.45, 7) is 1.73. The summed E-state index contributed by atoms with van der Waals surface area (Å²) in [6, 6.07) is 13.5. The Morgan fingerprint density at radius 1 is 1.12 bits per heavy atom. The Morgan fingerprint density at radius 2 is 1.80 bits per heavy atom. The number of hydrogen-bond acceptors (Lipinski definition) is 4. The Bertz CT molecular complexity index is 950. The van der Waals surface area contributed by atoms with Gasteiger partial charge in [-0.15, -0.1) is 5.10 Å². The molecule has 0 fully saturated rings. The van der Waals surface area contributed by atoms with Crippen LogP contribution in [0.1, 0.15) is 26.8 Å². The van der Waals surface area contributed by atoms with Gasteiger partial charge in [0.15, 0.2) is 0 Å². The van der Waals surface area contributed by atoms with Gasteiger partial charge >= 0.3 is 0 Å². The van der Waals surface area contributed by atoms with E-state index in [2.05, 4.69) is 15.4 Å². The lowest BCUT2D eigenvalue weighted by Crippen LogP contribution is -2.19. The minimum Gasteiger partial charge on any atom is -0.366 e. The fraction of sp³-hybridized carbons (Fsp3) is 0.0588. The monoisotopic (exact) mass is 355 g/mol. The highest BCUT2D eigenvalue weighted by atomic mass is 35.5. The maximum Gasteiger partial charge on any atom is 0.295 e. The van der Waals surface area contributed by atoms with E-state index < -0.39 is 11.8 Å². The Labute approximate surface area is 148 Å². The van der Waals surface area contributed by atoms with Crippen LogP contribution < -0.4 is 11.1 Å². The first kappa shape index (κ1) is 16.7. The van der Waals surface area contributed by atoms with Crippen LogP contribution in [0.3, 0.4) is 0 Å². The Kier molecular flexibility index (Phi) is 4.49. The second kappa shape index (κ2) is 6.74. The highest BCUT2D eigenvalue weighted by molar-refractivity contribution is 6.30. The first-order chi connectivity index (χ1) is 12.0. The molecule has 126 valence electrons. The summed E-state index contributed by atoms with van der Waals surface area (Å²) in [4.78, 5) is 28.0. The predicted molar refractivity (Wildman–Crippen MR) is 94.0 cm³/mol. The molecule has 0 aliphatic carbocycles. The maximum atomic E-state index is 12.4. The molecule has 0 atom stereocenters. The molecular weight excluding hydrogens is 342 g/mol. The van der Waals surface area contributed by atoms with Gasteiger partial charge < -0.3 is 11.1 Å². The minimum absolute atomic E-state index is 0.0216. The molecule has 0 saturated heterocycles. The number of amides is 2. The number of anilines is 1. The molecule has 3 rings (SSSR count). The van der Waals surface area contributed by atoms with Crippen LogP contribution in [0.5, 0.6) is 0 Å². The average molecular weight is 356 g/mol. The molecule has 8 heteroatoms. The second-order valence-electron chi connectivity index (χ2n) is 5.23. The van der Waals surface area contributed by atoms with E-state index in [0.717, 1.165) is 5.69 Å². The van der Waals surface area contributed by atoms with E-state index in [1.165, 1.54) is 10.7 Å². The smallest absolute Gasteiger partial charge is 0.295 e. The SMILES string of the molecule is Cc1nc(C(=O)Nc2ccccc2C(N)=O)nn1-c1ccc(Cl)cc1. The number of rotatable bonds is 4. The molecule has 0 aliphatic heterocycles. The van der Waals surface area contributed by atoms with Crippen LogP contribution in [0.15, 0.2) is 48.5 Å². The summed E-state index contributed by atoms with van der Waals surface area (Å²) in [5.41, 5.74) is 6.56. The van der Waals surface area contributed by atoms with Gasteiger partial charge in [-0.05, 0) is 43.3 Å². The summed E-state index contributed by atoms with van der Waals surface area (Å²) >= 11 is 5.88. The van der Waals surface area contributed by atoms with Crippen LogP contribution in [0.2, 0.25) is 5.02 Å². The first-order valence-corrected chi connectivity index (χ1v) is 7.73. The van der Waals surface area contributed by atoms with E-state index >= 15 is 0 Å². The van der Waals surface area contributed by atoms with Crippen molar-refractivity contribution in [3.8, 4) is 5.69 Å². The number of aryl methyl sites for hydroxylation is 1. The van der Waals surface area contributed by atoms with Crippen molar-refractivity contribution in [2.24, 2.45) is 5.73 Å². The third kappa shape index (κ3) is 3.51. The van der Waals surface area contributed by atoms with Crippen LogP contribution in [0, 0.1) is 6.92 Å². The standard InChI is InChI=1S/C17H14ClN5O2/c1-10-20-16(22-23(10)12-8-6-11(18)7-9-12)17(25)21-14-5-3-2-4-13(14)15(19)24/h2-9H,1H3,(H2,19,24)(H,21,25). The Balaban J connectivity index is 1.88.